The van der Waals surface area contributed by atoms with Gasteiger partial charge in [-0.2, -0.15) is 0 Å². The normalized spacial score (nSPS) is 26.1. The van der Waals surface area contributed by atoms with Crippen molar-refractivity contribution in [3.63, 3.8) is 0 Å². The molecule has 1 saturated heterocycles. The number of ether oxygens (including phenoxy) is 3. The Morgan fingerprint density at radius 2 is 2.44 bits per heavy atom. The van der Waals surface area contributed by atoms with Crippen LogP contribution in [-0.4, -0.2) is 44.5 Å². The Bertz CT molecular complexity index is 217. The predicted octanol–water partition coefficient (Wildman–Crippen LogP) is -2.97. The first kappa shape index (κ1) is 14.2. The van der Waals surface area contributed by atoms with E-state index >= 15 is 0 Å². The topological polar surface area (TPSA) is 68.2 Å². The van der Waals surface area contributed by atoms with E-state index < -0.39 is 26.8 Å². The Labute approximate surface area is 106 Å². The van der Waals surface area contributed by atoms with Crippen molar-refractivity contribution in [3.05, 3.63) is 12.3 Å². The SMILES string of the molecule is CCCO/C=C\[C@@](O)(CO)C1OCOC[I-]1. The fourth-order valence-corrected chi connectivity index (χ4v) is 3.44. The van der Waals surface area contributed by atoms with Crippen LogP contribution in [0.3, 0.4) is 0 Å². The van der Waals surface area contributed by atoms with Crippen molar-refractivity contribution in [2.45, 2.75) is 23.1 Å². The second-order valence-corrected chi connectivity index (χ2v) is 6.03. The molecule has 5 nitrogen and oxygen atoms in total. The molecule has 0 amide bonds. The van der Waals surface area contributed by atoms with Crippen LogP contribution in [0.25, 0.3) is 0 Å². The van der Waals surface area contributed by atoms with Crippen LogP contribution < -0.4 is 21.2 Å². The summed E-state index contributed by atoms with van der Waals surface area (Å²) in [5.74, 6) is 0. The van der Waals surface area contributed by atoms with Crippen LogP contribution in [0.2, 0.25) is 0 Å². The summed E-state index contributed by atoms with van der Waals surface area (Å²) < 4.78 is 15.8. The standard InChI is InChI=1S/C10H18IO5/c1-2-4-14-5-3-10(13,6-12)9-11-7-15-8-16-9/h3,5,9,12-13H,2,4,6-8H2,1H3/q-1/b5-3-/t9?,10-/m1/s1. The Morgan fingerprint density at radius 1 is 1.62 bits per heavy atom. The molecule has 96 valence electrons. The van der Waals surface area contributed by atoms with Gasteiger partial charge >= 0.3 is 106 Å². The molecule has 1 unspecified atom stereocenters. The van der Waals surface area contributed by atoms with Crippen molar-refractivity contribution in [1.82, 2.24) is 0 Å². The van der Waals surface area contributed by atoms with Crippen LogP contribution in [0.15, 0.2) is 12.3 Å². The predicted molar refractivity (Wildman–Crippen MR) is 53.1 cm³/mol. The van der Waals surface area contributed by atoms with Crippen molar-refractivity contribution in [2.75, 3.05) is 24.6 Å². The molecule has 1 rings (SSSR count). The van der Waals surface area contributed by atoms with E-state index in [1.165, 1.54) is 12.3 Å². The minimum absolute atomic E-state index is 0.177. The van der Waals surface area contributed by atoms with Gasteiger partial charge in [0.05, 0.1) is 0 Å². The Morgan fingerprint density at radius 3 is 3.00 bits per heavy atom. The molecule has 16 heavy (non-hydrogen) atoms. The summed E-state index contributed by atoms with van der Waals surface area (Å²) in [4.78, 5) is 0. The van der Waals surface area contributed by atoms with E-state index in [9.17, 15) is 10.2 Å². The average molecular weight is 345 g/mol. The molecule has 2 atom stereocenters. The zero-order valence-corrected chi connectivity index (χ0v) is 11.4. The van der Waals surface area contributed by atoms with E-state index in [4.69, 9.17) is 14.2 Å². The van der Waals surface area contributed by atoms with E-state index in [0.29, 0.717) is 11.2 Å². The molecule has 0 radical (unpaired) electrons. The number of aliphatic hydroxyl groups is 2. The molecular weight excluding hydrogens is 327 g/mol. The first-order valence-corrected chi connectivity index (χ1v) is 7.89. The summed E-state index contributed by atoms with van der Waals surface area (Å²) in [6.07, 6.45) is 3.81. The van der Waals surface area contributed by atoms with Gasteiger partial charge in [-0.15, -0.1) is 0 Å². The molecule has 0 spiro atoms. The van der Waals surface area contributed by atoms with Gasteiger partial charge in [0, 0.05) is 0 Å². The maximum absolute atomic E-state index is 10.2. The molecule has 0 aromatic carbocycles. The van der Waals surface area contributed by atoms with E-state index in [0.717, 1.165) is 6.42 Å². The Hall–Kier alpha value is 0.110. The molecule has 1 aliphatic heterocycles. The van der Waals surface area contributed by atoms with E-state index in [2.05, 4.69) is 0 Å². The summed E-state index contributed by atoms with van der Waals surface area (Å²) >= 11 is -0.435. The summed E-state index contributed by atoms with van der Waals surface area (Å²) in [5.41, 5.74) is -1.34. The van der Waals surface area contributed by atoms with Gasteiger partial charge in [0.15, 0.2) is 0 Å². The quantitative estimate of drug-likeness (QED) is 0.233. The molecule has 0 aromatic heterocycles. The molecule has 1 aliphatic rings. The summed E-state index contributed by atoms with van der Waals surface area (Å²) in [7, 11) is 0. The van der Waals surface area contributed by atoms with Gasteiger partial charge in [0.2, 0.25) is 0 Å². The van der Waals surface area contributed by atoms with Gasteiger partial charge in [0.25, 0.3) is 0 Å². The monoisotopic (exact) mass is 345 g/mol. The summed E-state index contributed by atoms with van der Waals surface area (Å²) in [6, 6.07) is 0. The first-order chi connectivity index (χ1) is 7.73. The van der Waals surface area contributed by atoms with Crippen molar-refractivity contribution in [2.24, 2.45) is 0 Å². The third-order valence-electron chi connectivity index (χ3n) is 2.00. The average Bonchev–Trinajstić information content (AvgIpc) is 2.35. The second kappa shape index (κ2) is 7.44. The van der Waals surface area contributed by atoms with Crippen molar-refractivity contribution < 1.29 is 45.6 Å². The van der Waals surface area contributed by atoms with Gasteiger partial charge in [-0.1, -0.05) is 0 Å². The third-order valence-corrected chi connectivity index (χ3v) is 5.04. The molecule has 0 aromatic rings. The van der Waals surface area contributed by atoms with Crippen molar-refractivity contribution >= 4 is 0 Å². The number of hydrogen-bond acceptors (Lipinski definition) is 5. The van der Waals surface area contributed by atoms with Gasteiger partial charge in [0.1, 0.15) is 0 Å². The number of hydrogen-bond donors (Lipinski definition) is 2. The first-order valence-electron chi connectivity index (χ1n) is 5.12. The number of halogens is 1. The summed E-state index contributed by atoms with van der Waals surface area (Å²) in [6.45, 7) is 2.40. The Kier molecular flexibility index (Phi) is 6.59. The second-order valence-electron chi connectivity index (χ2n) is 3.39. The number of aliphatic hydroxyl groups excluding tert-OH is 1. The fraction of sp³-hybridized carbons (Fsp3) is 0.800. The van der Waals surface area contributed by atoms with Crippen LogP contribution in [0, 0.1) is 0 Å². The maximum atomic E-state index is 10.2. The van der Waals surface area contributed by atoms with Crippen LogP contribution in [0.4, 0.5) is 0 Å². The molecule has 0 bridgehead atoms. The van der Waals surface area contributed by atoms with Crippen molar-refractivity contribution in [3.8, 4) is 0 Å². The summed E-state index contributed by atoms with van der Waals surface area (Å²) in [5, 5.41) is 19.4. The van der Waals surface area contributed by atoms with E-state index in [-0.39, 0.29) is 17.5 Å². The van der Waals surface area contributed by atoms with Crippen LogP contribution in [0.1, 0.15) is 13.3 Å². The number of alkyl halides is 2. The fourth-order valence-electron chi connectivity index (χ4n) is 1.12. The molecule has 1 heterocycles. The van der Waals surface area contributed by atoms with Gasteiger partial charge in [-0.3, -0.25) is 0 Å². The van der Waals surface area contributed by atoms with Crippen LogP contribution in [0.5, 0.6) is 0 Å². The van der Waals surface area contributed by atoms with Crippen LogP contribution >= 0.6 is 0 Å². The zero-order valence-electron chi connectivity index (χ0n) is 9.26. The van der Waals surface area contributed by atoms with Gasteiger partial charge in [-0.05, 0) is 0 Å². The Balaban J connectivity index is 2.49. The minimum atomic E-state index is -1.34. The molecule has 6 heteroatoms. The number of rotatable bonds is 6. The molecule has 2 N–H and O–H groups in total. The third kappa shape index (κ3) is 4.17. The van der Waals surface area contributed by atoms with Gasteiger partial charge < -0.3 is 0 Å². The van der Waals surface area contributed by atoms with E-state index in [1.54, 1.807) is 0 Å². The van der Waals surface area contributed by atoms with Crippen LogP contribution in [-0.2, 0) is 14.2 Å². The van der Waals surface area contributed by atoms with E-state index in [1.807, 2.05) is 6.92 Å². The zero-order chi connectivity index (χ0) is 11.9. The molecule has 1 fully saturated rings. The molecule has 0 saturated carbocycles. The molecule has 0 aliphatic carbocycles. The van der Waals surface area contributed by atoms with Gasteiger partial charge in [-0.25, -0.2) is 0 Å². The van der Waals surface area contributed by atoms with Crippen molar-refractivity contribution in [1.29, 1.82) is 0 Å². The molecular formula is C10H18IO5-.